The van der Waals surface area contributed by atoms with E-state index in [2.05, 4.69) is 0 Å². The zero-order valence-corrected chi connectivity index (χ0v) is 14.4. The van der Waals surface area contributed by atoms with E-state index >= 15 is 0 Å². The van der Waals surface area contributed by atoms with Crippen molar-refractivity contribution in [3.05, 3.63) is 65.6 Å². The van der Waals surface area contributed by atoms with Gasteiger partial charge in [0.1, 0.15) is 17.3 Å². The molecule has 0 saturated carbocycles. The number of ketones is 1. The smallest absolute Gasteiger partial charge is 0.268 e. The van der Waals surface area contributed by atoms with Gasteiger partial charge in [-0.05, 0) is 31.2 Å². The Morgan fingerprint density at radius 1 is 1.21 bits per heavy atom. The molecule has 124 valence electrons. The second kappa shape index (κ2) is 6.72. The highest BCUT2D eigenvalue weighted by atomic mass is 32.2. The van der Waals surface area contributed by atoms with E-state index in [1.54, 1.807) is 31.1 Å². The summed E-state index contributed by atoms with van der Waals surface area (Å²) >= 11 is 0. The summed E-state index contributed by atoms with van der Waals surface area (Å²) in [6.07, 6.45) is 2.66. The number of hydrogen-bond acceptors (Lipinski definition) is 5. The van der Waals surface area contributed by atoms with Crippen molar-refractivity contribution in [2.45, 2.75) is 11.8 Å². The zero-order chi connectivity index (χ0) is 17.9. The van der Waals surface area contributed by atoms with Crippen LogP contribution in [0.3, 0.4) is 0 Å². The van der Waals surface area contributed by atoms with E-state index in [-0.39, 0.29) is 16.2 Å². The van der Waals surface area contributed by atoms with Crippen LogP contribution in [0.4, 0.5) is 0 Å². The van der Waals surface area contributed by atoms with Gasteiger partial charge < -0.3 is 4.90 Å². The third kappa shape index (κ3) is 3.39. The first-order valence-electron chi connectivity index (χ1n) is 7.10. The molecule has 0 unspecified atom stereocenters. The number of nitrogens with zero attached hydrogens (tertiary/aromatic N) is 3. The van der Waals surface area contributed by atoms with Crippen LogP contribution in [0.5, 0.6) is 0 Å². The fourth-order valence-corrected chi connectivity index (χ4v) is 3.45. The fourth-order valence-electron chi connectivity index (χ4n) is 2.11. The Kier molecular flexibility index (Phi) is 4.90. The number of carbonyl (C=O) groups excluding carboxylic acids is 1. The quantitative estimate of drug-likeness (QED) is 0.472. The highest BCUT2D eigenvalue weighted by Gasteiger charge is 2.24. The molecule has 0 N–H and O–H groups in total. The van der Waals surface area contributed by atoms with E-state index in [4.69, 9.17) is 5.26 Å². The van der Waals surface area contributed by atoms with Gasteiger partial charge in [-0.25, -0.2) is 12.4 Å². The van der Waals surface area contributed by atoms with Crippen LogP contribution >= 0.6 is 0 Å². The second-order valence-corrected chi connectivity index (χ2v) is 7.27. The van der Waals surface area contributed by atoms with Gasteiger partial charge in [-0.3, -0.25) is 4.79 Å². The molecule has 0 fully saturated rings. The predicted octanol–water partition coefficient (Wildman–Crippen LogP) is 2.19. The number of allylic oxidation sites excluding steroid dienone is 1. The van der Waals surface area contributed by atoms with Crippen LogP contribution < -0.4 is 0 Å². The molecule has 6 nitrogen and oxygen atoms in total. The normalized spacial score (nSPS) is 11.8. The van der Waals surface area contributed by atoms with Crippen LogP contribution in [0.15, 0.2) is 59.3 Å². The molecule has 0 bridgehead atoms. The molecule has 0 spiro atoms. The van der Waals surface area contributed by atoms with Gasteiger partial charge in [0.05, 0.1) is 4.90 Å². The third-order valence-corrected chi connectivity index (χ3v) is 4.98. The molecule has 0 aliphatic heterocycles. The van der Waals surface area contributed by atoms with Crippen molar-refractivity contribution in [1.29, 1.82) is 5.26 Å². The van der Waals surface area contributed by atoms with Crippen LogP contribution in [0.2, 0.25) is 0 Å². The Morgan fingerprint density at radius 3 is 2.38 bits per heavy atom. The summed E-state index contributed by atoms with van der Waals surface area (Å²) in [7, 11) is -0.566. The number of carbonyl (C=O) groups is 1. The molecule has 7 heteroatoms. The Hall–Kier alpha value is -2.85. The van der Waals surface area contributed by atoms with E-state index in [0.717, 1.165) is 9.54 Å². The summed E-state index contributed by atoms with van der Waals surface area (Å²) < 4.78 is 26.4. The van der Waals surface area contributed by atoms with Crippen molar-refractivity contribution in [2.75, 3.05) is 14.1 Å². The van der Waals surface area contributed by atoms with Crippen LogP contribution in [-0.4, -0.2) is 37.2 Å². The number of aryl methyl sites for hydroxylation is 1. The Labute approximate surface area is 141 Å². The molecular weight excluding hydrogens is 326 g/mol. The second-order valence-electron chi connectivity index (χ2n) is 5.45. The number of benzene rings is 1. The minimum Gasteiger partial charge on any atom is -0.382 e. The van der Waals surface area contributed by atoms with Crippen molar-refractivity contribution in [3.8, 4) is 6.07 Å². The van der Waals surface area contributed by atoms with E-state index in [0.29, 0.717) is 0 Å². The Balaban J connectivity index is 2.53. The molecular formula is C17H17N3O3S. The molecule has 0 amide bonds. The lowest BCUT2D eigenvalue weighted by atomic mass is 10.1. The van der Waals surface area contributed by atoms with Crippen LogP contribution in [0.25, 0.3) is 0 Å². The molecule has 1 aromatic heterocycles. The van der Waals surface area contributed by atoms with Crippen LogP contribution in [-0.2, 0) is 10.0 Å². The maximum absolute atomic E-state index is 12.8. The van der Waals surface area contributed by atoms with Gasteiger partial charge in [-0.2, -0.15) is 5.26 Å². The zero-order valence-electron chi connectivity index (χ0n) is 13.6. The minimum atomic E-state index is -3.91. The SMILES string of the molecule is Cc1ccc(S(=O)(=O)n2cccc2C(=O)/C(C#N)=C\N(C)C)cc1. The van der Waals surface area contributed by atoms with Crippen LogP contribution in [0, 0.1) is 18.3 Å². The highest BCUT2D eigenvalue weighted by molar-refractivity contribution is 7.90. The third-order valence-electron chi connectivity index (χ3n) is 3.28. The van der Waals surface area contributed by atoms with Crippen molar-refractivity contribution in [3.63, 3.8) is 0 Å². The molecule has 1 heterocycles. The first-order valence-corrected chi connectivity index (χ1v) is 8.54. The number of rotatable bonds is 5. The molecule has 2 aromatic rings. The van der Waals surface area contributed by atoms with Crippen LogP contribution in [0.1, 0.15) is 16.1 Å². The largest absolute Gasteiger partial charge is 0.382 e. The fraction of sp³-hybridized carbons (Fsp3) is 0.176. The maximum Gasteiger partial charge on any atom is 0.268 e. The van der Waals surface area contributed by atoms with E-state index in [1.807, 2.05) is 13.0 Å². The lowest BCUT2D eigenvalue weighted by Gasteiger charge is -2.11. The van der Waals surface area contributed by atoms with Crippen molar-refractivity contribution < 1.29 is 13.2 Å². The summed E-state index contributed by atoms with van der Waals surface area (Å²) in [5.41, 5.74) is 0.711. The monoisotopic (exact) mass is 343 g/mol. The van der Waals surface area contributed by atoms with Gasteiger partial charge in [-0.1, -0.05) is 17.7 Å². The van der Waals surface area contributed by atoms with E-state index in [1.165, 1.54) is 36.7 Å². The van der Waals surface area contributed by atoms with E-state index in [9.17, 15) is 13.2 Å². The minimum absolute atomic E-state index is 0.0773. The summed E-state index contributed by atoms with van der Waals surface area (Å²) in [6.45, 7) is 1.85. The molecule has 1 aromatic carbocycles. The first-order chi connectivity index (χ1) is 11.3. The summed E-state index contributed by atoms with van der Waals surface area (Å²) in [6, 6.07) is 11.0. The van der Waals surface area contributed by atoms with Gasteiger partial charge in [0.2, 0.25) is 5.78 Å². The van der Waals surface area contributed by atoms with Gasteiger partial charge in [-0.15, -0.1) is 0 Å². The standard InChI is InChI=1S/C17H17N3O3S/c1-13-6-8-15(9-7-13)24(22,23)20-10-4-5-16(20)17(21)14(11-18)12-19(2)3/h4-10,12H,1-3H3/b14-12-. The molecule has 0 aliphatic carbocycles. The predicted molar refractivity (Wildman–Crippen MR) is 89.9 cm³/mol. The summed E-state index contributed by atoms with van der Waals surface area (Å²) in [4.78, 5) is 14.2. The molecule has 2 rings (SSSR count). The number of hydrogen-bond donors (Lipinski definition) is 0. The van der Waals surface area contributed by atoms with Crippen molar-refractivity contribution in [1.82, 2.24) is 8.87 Å². The van der Waals surface area contributed by atoms with Gasteiger partial charge >= 0.3 is 0 Å². The van der Waals surface area contributed by atoms with Gasteiger partial charge in [0.15, 0.2) is 0 Å². The molecule has 0 saturated heterocycles. The number of aromatic nitrogens is 1. The maximum atomic E-state index is 12.8. The van der Waals surface area contributed by atoms with Gasteiger partial charge in [0.25, 0.3) is 10.0 Å². The van der Waals surface area contributed by atoms with Crippen molar-refractivity contribution in [2.24, 2.45) is 0 Å². The lowest BCUT2D eigenvalue weighted by molar-refractivity contribution is 0.103. The summed E-state index contributed by atoms with van der Waals surface area (Å²) in [5.74, 6) is -0.646. The van der Waals surface area contributed by atoms with E-state index < -0.39 is 15.8 Å². The molecule has 0 atom stereocenters. The highest BCUT2D eigenvalue weighted by Crippen LogP contribution is 2.19. The Morgan fingerprint density at radius 2 is 1.83 bits per heavy atom. The molecule has 0 aliphatic rings. The van der Waals surface area contributed by atoms with Crippen molar-refractivity contribution >= 4 is 15.8 Å². The lowest BCUT2D eigenvalue weighted by Crippen LogP contribution is -2.19. The average molecular weight is 343 g/mol. The molecule has 24 heavy (non-hydrogen) atoms. The topological polar surface area (TPSA) is 83.2 Å². The average Bonchev–Trinajstić information content (AvgIpc) is 3.02. The Bertz CT molecular complexity index is 930. The molecule has 0 radical (unpaired) electrons. The van der Waals surface area contributed by atoms with Gasteiger partial charge in [0, 0.05) is 26.5 Å². The summed E-state index contributed by atoms with van der Waals surface area (Å²) in [5, 5.41) is 9.16. The number of nitriles is 1. The number of Topliss-reactive ketones (excluding diaryl/α,β-unsaturated/α-hetero) is 1. The first kappa shape index (κ1) is 17.5.